The quantitative estimate of drug-likeness (QED) is 0.101. The molecule has 3 saturated heterocycles. The van der Waals surface area contributed by atoms with Crippen LogP contribution in [0.2, 0.25) is 0 Å². The number of hydrogen-bond donors (Lipinski definition) is 2. The number of para-hydroxylation sites is 1. The number of ether oxygens (including phenoxy) is 1. The highest BCUT2D eigenvalue weighted by Gasteiger charge is 2.47. The zero-order chi connectivity index (χ0) is 41.7. The third-order valence-electron chi connectivity index (χ3n) is 11.4. The van der Waals surface area contributed by atoms with E-state index in [0.717, 1.165) is 24.8 Å². The van der Waals surface area contributed by atoms with Gasteiger partial charge in [-0.2, -0.15) is 5.26 Å². The van der Waals surface area contributed by atoms with Gasteiger partial charge in [0.25, 0.3) is 5.91 Å². The molecular weight excluding hydrogens is 793 g/mol. The standard InChI is InChI=1S/C44H49FN5O7PS/c1-3-22-56-44(54)28(2)48-58(55,57-34-15-8-5-9-16-34)40(45)30-18-21-38-31(23-30)24-39(59-38)41(51)47-36-17-11-10-14-33-19-20-37(50(33)42(36)52)43(53)49-26-32(25-46)35(27-49)29-12-6-4-7-13-29/h4-9,12-13,15-16,18,21,23-24,28,32-33,35-37,40H,3,10-11,14,17,19-20,22,26-27H2,1-2H3,(H,47,51)(H,48,55)/t28-,32+,33-,35-,36-,37-,40?,58?/m0/s1. The molecule has 7 rings (SSSR count). The van der Waals surface area contributed by atoms with Crippen LogP contribution in [-0.4, -0.2) is 77.4 Å². The summed E-state index contributed by atoms with van der Waals surface area (Å²) in [5.41, 5.74) is 1.03. The Kier molecular flexibility index (Phi) is 13.1. The first kappa shape index (κ1) is 42.0. The highest BCUT2D eigenvalue weighted by Crippen LogP contribution is 2.58. The topological polar surface area (TPSA) is 158 Å². The van der Waals surface area contributed by atoms with Crippen molar-refractivity contribution in [1.82, 2.24) is 20.2 Å². The lowest BCUT2D eigenvalue weighted by Gasteiger charge is -2.36. The van der Waals surface area contributed by atoms with Gasteiger partial charge >= 0.3 is 13.5 Å². The lowest BCUT2D eigenvalue weighted by molar-refractivity contribution is -0.146. The van der Waals surface area contributed by atoms with E-state index >= 15 is 4.39 Å². The molecular formula is C44H49FN5O7PS. The van der Waals surface area contributed by atoms with Crippen LogP contribution in [0.25, 0.3) is 10.1 Å². The van der Waals surface area contributed by atoms with Crippen molar-refractivity contribution in [1.29, 1.82) is 5.26 Å². The number of likely N-dealkylation sites (tertiary alicyclic amines) is 1. The van der Waals surface area contributed by atoms with Crippen molar-refractivity contribution in [3.05, 3.63) is 101 Å². The summed E-state index contributed by atoms with van der Waals surface area (Å²) in [5.74, 6) is -4.11. The summed E-state index contributed by atoms with van der Waals surface area (Å²) in [4.78, 5) is 58.7. The van der Waals surface area contributed by atoms with E-state index in [4.69, 9.17) is 9.26 Å². The lowest BCUT2D eigenvalue weighted by Crippen LogP contribution is -2.56. The van der Waals surface area contributed by atoms with Crippen LogP contribution in [0.5, 0.6) is 5.75 Å². The predicted octanol–water partition coefficient (Wildman–Crippen LogP) is 7.87. The predicted molar refractivity (Wildman–Crippen MR) is 222 cm³/mol. The van der Waals surface area contributed by atoms with Crippen molar-refractivity contribution in [2.75, 3.05) is 19.7 Å². The van der Waals surface area contributed by atoms with E-state index in [1.165, 1.54) is 42.5 Å². The van der Waals surface area contributed by atoms with E-state index in [1.54, 1.807) is 40.1 Å². The molecule has 0 saturated carbocycles. The van der Waals surface area contributed by atoms with Gasteiger partial charge in [0.1, 0.15) is 23.9 Å². The van der Waals surface area contributed by atoms with Gasteiger partial charge < -0.3 is 24.4 Å². The lowest BCUT2D eigenvalue weighted by atomic mass is 9.90. The molecule has 59 heavy (non-hydrogen) atoms. The number of alkyl halides is 1. The zero-order valence-electron chi connectivity index (χ0n) is 33.1. The molecule has 3 aromatic carbocycles. The third kappa shape index (κ3) is 9.23. The van der Waals surface area contributed by atoms with Gasteiger partial charge in [0, 0.05) is 29.7 Å². The van der Waals surface area contributed by atoms with Gasteiger partial charge in [-0.3, -0.25) is 23.7 Å². The molecule has 3 fully saturated rings. The Morgan fingerprint density at radius 3 is 2.44 bits per heavy atom. The summed E-state index contributed by atoms with van der Waals surface area (Å²) in [5, 5.41) is 16.0. The van der Waals surface area contributed by atoms with Gasteiger partial charge in [-0.1, -0.05) is 74.4 Å². The Labute approximate surface area is 347 Å². The van der Waals surface area contributed by atoms with Crippen LogP contribution < -0.4 is 14.9 Å². The van der Waals surface area contributed by atoms with Gasteiger partial charge in [0.15, 0.2) is 0 Å². The summed E-state index contributed by atoms with van der Waals surface area (Å²) in [6.45, 7) is 4.13. The van der Waals surface area contributed by atoms with Crippen molar-refractivity contribution >= 4 is 52.6 Å². The van der Waals surface area contributed by atoms with Crippen LogP contribution in [0.1, 0.15) is 91.4 Å². The van der Waals surface area contributed by atoms with Gasteiger partial charge in [-0.05, 0) is 85.9 Å². The van der Waals surface area contributed by atoms with E-state index in [2.05, 4.69) is 16.5 Å². The minimum Gasteiger partial charge on any atom is -0.465 e. The first-order valence-electron chi connectivity index (χ1n) is 20.3. The molecule has 12 nitrogen and oxygen atoms in total. The number of fused-ring (bicyclic) bond motifs is 2. The molecule has 0 bridgehead atoms. The summed E-state index contributed by atoms with van der Waals surface area (Å²) in [6.07, 6.45) is 4.57. The number of benzene rings is 3. The highest BCUT2D eigenvalue weighted by molar-refractivity contribution is 7.57. The SMILES string of the molecule is CCCOC(=O)[C@H](C)NP(=O)(Oc1ccccc1)C(F)c1ccc2sc(C(=O)N[C@H]3CCCC[C@H]4CC[C@@H](C(=O)N5C[C@@H](C#N)[C@H](c6ccccc6)C5)N4C3=O)cc2c1. The highest BCUT2D eigenvalue weighted by atomic mass is 32.1. The number of esters is 1. The van der Waals surface area contributed by atoms with Crippen molar-refractivity contribution in [2.24, 2.45) is 5.92 Å². The van der Waals surface area contributed by atoms with Gasteiger partial charge in [-0.15, -0.1) is 11.3 Å². The van der Waals surface area contributed by atoms with Crippen LogP contribution in [-0.2, 0) is 23.7 Å². The van der Waals surface area contributed by atoms with Crippen LogP contribution in [0.3, 0.4) is 0 Å². The van der Waals surface area contributed by atoms with Gasteiger partial charge in [0.05, 0.1) is 23.5 Å². The van der Waals surface area contributed by atoms with Crippen molar-refractivity contribution < 1.29 is 37.4 Å². The molecule has 2 N–H and O–H groups in total. The van der Waals surface area contributed by atoms with Gasteiger partial charge in [0.2, 0.25) is 17.7 Å². The molecule has 310 valence electrons. The Morgan fingerprint density at radius 2 is 1.71 bits per heavy atom. The molecule has 3 aliphatic heterocycles. The van der Waals surface area contributed by atoms with E-state index in [-0.39, 0.29) is 47.6 Å². The molecule has 4 aromatic rings. The minimum absolute atomic E-state index is 0.0170. The first-order chi connectivity index (χ1) is 28.5. The molecule has 0 spiro atoms. The Balaban J connectivity index is 1.07. The number of carbonyl (C=O) groups is 4. The molecule has 3 aliphatic rings. The largest absolute Gasteiger partial charge is 0.465 e. The molecule has 3 amide bonds. The molecule has 1 aromatic heterocycles. The van der Waals surface area contributed by atoms with Crippen LogP contribution in [0, 0.1) is 17.2 Å². The smallest absolute Gasteiger partial charge is 0.355 e. The first-order valence-corrected chi connectivity index (χ1v) is 22.8. The number of halogens is 1. The normalized spacial score (nSPS) is 23.9. The third-order valence-corrected chi connectivity index (χ3v) is 14.7. The van der Waals surface area contributed by atoms with E-state index < -0.39 is 43.4 Å². The molecule has 4 heterocycles. The second-order valence-corrected chi connectivity index (χ2v) is 18.7. The number of hydrogen-bond acceptors (Lipinski definition) is 9. The molecule has 0 radical (unpaired) electrons. The number of nitriles is 1. The molecule has 8 atom stereocenters. The number of thiophene rings is 1. The fourth-order valence-electron chi connectivity index (χ4n) is 8.45. The van der Waals surface area contributed by atoms with Crippen molar-refractivity contribution in [3.63, 3.8) is 0 Å². The number of nitrogens with zero attached hydrogens (tertiary/aromatic N) is 3. The summed E-state index contributed by atoms with van der Waals surface area (Å²) >= 11 is 1.18. The number of rotatable bonds is 13. The Hall–Kier alpha value is -5.09. The van der Waals surface area contributed by atoms with Crippen LogP contribution >= 0.6 is 18.9 Å². The maximum atomic E-state index is 16.5. The van der Waals surface area contributed by atoms with Gasteiger partial charge in [-0.25, -0.2) is 9.48 Å². The fraction of sp³-hybridized carbons (Fsp3) is 0.432. The van der Waals surface area contributed by atoms with E-state index in [1.807, 2.05) is 37.3 Å². The number of nitrogens with one attached hydrogen (secondary N) is 2. The average Bonchev–Trinajstić information content (AvgIpc) is 4.00. The maximum absolute atomic E-state index is 16.5. The van der Waals surface area contributed by atoms with E-state index in [0.29, 0.717) is 53.7 Å². The monoisotopic (exact) mass is 841 g/mol. The fourth-order valence-corrected chi connectivity index (χ4v) is 11.3. The van der Waals surface area contributed by atoms with Crippen LogP contribution in [0.4, 0.5) is 4.39 Å². The average molecular weight is 842 g/mol. The second kappa shape index (κ2) is 18.4. The summed E-state index contributed by atoms with van der Waals surface area (Å²) in [6, 6.07) is 23.7. The number of amides is 3. The van der Waals surface area contributed by atoms with Crippen molar-refractivity contribution in [3.8, 4) is 11.8 Å². The second-order valence-electron chi connectivity index (χ2n) is 15.6. The molecule has 15 heteroatoms. The Morgan fingerprint density at radius 1 is 0.983 bits per heavy atom. The van der Waals surface area contributed by atoms with Crippen molar-refractivity contribution in [2.45, 2.75) is 94.8 Å². The summed E-state index contributed by atoms with van der Waals surface area (Å²) < 4.78 is 42.4. The summed E-state index contributed by atoms with van der Waals surface area (Å²) in [7, 11) is -4.45. The molecule has 0 aliphatic carbocycles. The maximum Gasteiger partial charge on any atom is 0.355 e. The molecule has 2 unspecified atom stereocenters. The zero-order valence-corrected chi connectivity index (χ0v) is 34.8. The van der Waals surface area contributed by atoms with E-state index in [9.17, 15) is 29.0 Å². The Bertz CT molecular complexity index is 2250. The number of carbonyl (C=O) groups excluding carboxylic acids is 4. The minimum atomic E-state index is -4.45. The van der Waals surface area contributed by atoms with Crippen LogP contribution in [0.15, 0.2) is 84.9 Å².